The molecule has 4 heteroatoms. The summed E-state index contributed by atoms with van der Waals surface area (Å²) in [6, 6.07) is 4.98. The molecule has 94 valence electrons. The maximum absolute atomic E-state index is 11.4. The van der Waals surface area contributed by atoms with Gasteiger partial charge in [0.2, 0.25) is 0 Å². The number of aliphatic hydroxyl groups excluding tert-OH is 1. The average molecular weight is 238 g/mol. The number of phenols is 1. The molecule has 0 spiro atoms. The van der Waals surface area contributed by atoms with E-state index in [-0.39, 0.29) is 23.8 Å². The van der Waals surface area contributed by atoms with E-state index in [9.17, 15) is 15.0 Å². The number of phenolic OH excluding ortho intramolecular Hbond substituents is 1. The molecule has 0 heterocycles. The van der Waals surface area contributed by atoms with Crippen LogP contribution >= 0.6 is 0 Å². The molecule has 0 saturated carbocycles. The van der Waals surface area contributed by atoms with E-state index in [1.807, 2.05) is 13.8 Å². The number of carbonyl (C=O) groups excluding carboxylic acids is 1. The van der Waals surface area contributed by atoms with Crippen LogP contribution in [0.3, 0.4) is 0 Å². The number of ether oxygens (including phenoxy) is 1. The summed E-state index contributed by atoms with van der Waals surface area (Å²) in [6.45, 7) is 5.71. The van der Waals surface area contributed by atoms with Gasteiger partial charge in [0.15, 0.2) is 6.10 Å². The first-order valence-corrected chi connectivity index (χ1v) is 5.65. The van der Waals surface area contributed by atoms with Crippen molar-refractivity contribution in [3.8, 4) is 5.75 Å². The molecule has 0 amide bonds. The molecule has 1 atom stereocenters. The molecule has 1 aromatic carbocycles. The summed E-state index contributed by atoms with van der Waals surface area (Å²) in [5.41, 5.74) is 0.889. The minimum absolute atomic E-state index is 0.0388. The Labute approximate surface area is 101 Å². The van der Waals surface area contributed by atoms with Crippen LogP contribution in [0.2, 0.25) is 0 Å². The second kappa shape index (κ2) is 5.68. The van der Waals surface area contributed by atoms with Crippen LogP contribution in [0, 0.1) is 0 Å². The Kier molecular flexibility index (Phi) is 4.52. The van der Waals surface area contributed by atoms with Crippen molar-refractivity contribution in [2.24, 2.45) is 0 Å². The highest BCUT2D eigenvalue weighted by molar-refractivity contribution is 5.77. The van der Waals surface area contributed by atoms with Gasteiger partial charge in [-0.3, -0.25) is 0 Å². The molecular weight excluding hydrogens is 220 g/mol. The maximum atomic E-state index is 11.4. The molecule has 1 unspecified atom stereocenters. The first-order chi connectivity index (χ1) is 7.99. The summed E-state index contributed by atoms with van der Waals surface area (Å²) in [6.07, 6.45) is -1.44. The topological polar surface area (TPSA) is 66.8 Å². The zero-order valence-electron chi connectivity index (χ0n) is 10.3. The molecule has 1 rings (SSSR count). The van der Waals surface area contributed by atoms with E-state index in [1.54, 1.807) is 19.1 Å². The highest BCUT2D eigenvalue weighted by Crippen LogP contribution is 2.32. The highest BCUT2D eigenvalue weighted by Gasteiger charge is 2.23. The van der Waals surface area contributed by atoms with Crippen molar-refractivity contribution in [3.63, 3.8) is 0 Å². The zero-order chi connectivity index (χ0) is 13.0. The maximum Gasteiger partial charge on any atom is 0.339 e. The number of aromatic hydroxyl groups is 1. The molecule has 0 aliphatic rings. The molecule has 0 aliphatic carbocycles. The third-order valence-corrected chi connectivity index (χ3v) is 2.52. The Morgan fingerprint density at radius 3 is 2.47 bits per heavy atom. The number of hydrogen-bond acceptors (Lipinski definition) is 4. The SMILES string of the molecule is CCOC(=O)C(O)c1cccc(C(C)C)c1O. The number of esters is 1. The second-order valence-corrected chi connectivity index (χ2v) is 4.09. The lowest BCUT2D eigenvalue weighted by molar-refractivity contribution is -0.153. The van der Waals surface area contributed by atoms with Gasteiger partial charge in [0.05, 0.1) is 6.61 Å². The van der Waals surface area contributed by atoms with Crippen LogP contribution in [0.25, 0.3) is 0 Å². The van der Waals surface area contributed by atoms with Gasteiger partial charge < -0.3 is 14.9 Å². The summed E-state index contributed by atoms with van der Waals surface area (Å²) >= 11 is 0. The van der Waals surface area contributed by atoms with Gasteiger partial charge in [0.1, 0.15) is 5.75 Å². The molecule has 0 bridgehead atoms. The fraction of sp³-hybridized carbons (Fsp3) is 0.462. The molecule has 2 N–H and O–H groups in total. The molecule has 17 heavy (non-hydrogen) atoms. The first-order valence-electron chi connectivity index (χ1n) is 5.65. The van der Waals surface area contributed by atoms with Gasteiger partial charge in [-0.1, -0.05) is 32.0 Å². The Morgan fingerprint density at radius 2 is 1.94 bits per heavy atom. The van der Waals surface area contributed by atoms with Crippen molar-refractivity contribution in [1.29, 1.82) is 0 Å². The summed E-state index contributed by atoms with van der Waals surface area (Å²) in [5, 5.41) is 19.8. The van der Waals surface area contributed by atoms with Crippen molar-refractivity contribution in [3.05, 3.63) is 29.3 Å². The molecule has 0 saturated heterocycles. The number of para-hydroxylation sites is 1. The average Bonchev–Trinajstić information content (AvgIpc) is 2.28. The Balaban J connectivity index is 3.06. The number of carbonyl (C=O) groups is 1. The minimum atomic E-state index is -1.44. The van der Waals surface area contributed by atoms with E-state index in [1.165, 1.54) is 6.07 Å². The Bertz CT molecular complexity index is 398. The van der Waals surface area contributed by atoms with Crippen LogP contribution < -0.4 is 0 Å². The van der Waals surface area contributed by atoms with E-state index >= 15 is 0 Å². The van der Waals surface area contributed by atoms with Gasteiger partial charge in [0, 0.05) is 5.56 Å². The predicted octanol–water partition coefficient (Wildman–Crippen LogP) is 2.11. The monoisotopic (exact) mass is 238 g/mol. The van der Waals surface area contributed by atoms with Crippen LogP contribution in [-0.4, -0.2) is 22.8 Å². The van der Waals surface area contributed by atoms with Crippen LogP contribution in [0.15, 0.2) is 18.2 Å². The fourth-order valence-electron chi connectivity index (χ4n) is 1.61. The van der Waals surface area contributed by atoms with E-state index in [0.717, 1.165) is 0 Å². The lowest BCUT2D eigenvalue weighted by Crippen LogP contribution is -2.15. The molecule has 4 nitrogen and oxygen atoms in total. The summed E-state index contributed by atoms with van der Waals surface area (Å²) < 4.78 is 4.71. The van der Waals surface area contributed by atoms with Crippen LogP contribution in [0.1, 0.15) is 43.9 Å². The van der Waals surface area contributed by atoms with Crippen LogP contribution in [0.4, 0.5) is 0 Å². The van der Waals surface area contributed by atoms with Gasteiger partial charge >= 0.3 is 5.97 Å². The lowest BCUT2D eigenvalue weighted by Gasteiger charge is -2.15. The largest absolute Gasteiger partial charge is 0.507 e. The fourth-order valence-corrected chi connectivity index (χ4v) is 1.61. The highest BCUT2D eigenvalue weighted by atomic mass is 16.5. The van der Waals surface area contributed by atoms with Crippen molar-refractivity contribution in [2.45, 2.75) is 32.8 Å². The molecule has 0 radical (unpaired) electrons. The number of hydrogen-bond donors (Lipinski definition) is 2. The Hall–Kier alpha value is -1.55. The van der Waals surface area contributed by atoms with Crippen molar-refractivity contribution < 1.29 is 19.7 Å². The van der Waals surface area contributed by atoms with Gasteiger partial charge in [-0.15, -0.1) is 0 Å². The number of benzene rings is 1. The Morgan fingerprint density at radius 1 is 1.35 bits per heavy atom. The predicted molar refractivity (Wildman–Crippen MR) is 63.8 cm³/mol. The van der Waals surface area contributed by atoms with Gasteiger partial charge in [-0.25, -0.2) is 4.79 Å². The molecular formula is C13H18O4. The van der Waals surface area contributed by atoms with E-state index in [4.69, 9.17) is 4.74 Å². The van der Waals surface area contributed by atoms with Crippen LogP contribution in [-0.2, 0) is 9.53 Å². The van der Waals surface area contributed by atoms with E-state index in [2.05, 4.69) is 0 Å². The summed E-state index contributed by atoms with van der Waals surface area (Å²) in [7, 11) is 0. The minimum Gasteiger partial charge on any atom is -0.507 e. The van der Waals surface area contributed by atoms with Crippen molar-refractivity contribution >= 4 is 5.97 Å². The van der Waals surface area contributed by atoms with E-state index in [0.29, 0.717) is 5.56 Å². The van der Waals surface area contributed by atoms with Gasteiger partial charge in [-0.05, 0) is 18.4 Å². The van der Waals surface area contributed by atoms with Crippen LogP contribution in [0.5, 0.6) is 5.75 Å². The quantitative estimate of drug-likeness (QED) is 0.788. The smallest absolute Gasteiger partial charge is 0.339 e. The standard InChI is InChI=1S/C13H18O4/c1-4-17-13(16)12(15)10-7-5-6-9(8(2)3)11(10)14/h5-8,12,14-15H,4H2,1-3H3. The molecule has 0 fully saturated rings. The van der Waals surface area contributed by atoms with Gasteiger partial charge in [-0.2, -0.15) is 0 Å². The zero-order valence-corrected chi connectivity index (χ0v) is 10.3. The second-order valence-electron chi connectivity index (χ2n) is 4.09. The number of rotatable bonds is 4. The van der Waals surface area contributed by atoms with Crippen molar-refractivity contribution in [1.82, 2.24) is 0 Å². The lowest BCUT2D eigenvalue weighted by atomic mass is 9.97. The summed E-state index contributed by atoms with van der Waals surface area (Å²) in [4.78, 5) is 11.4. The third-order valence-electron chi connectivity index (χ3n) is 2.52. The number of aliphatic hydroxyl groups is 1. The molecule has 0 aromatic heterocycles. The third kappa shape index (κ3) is 2.97. The molecule has 0 aliphatic heterocycles. The van der Waals surface area contributed by atoms with E-state index < -0.39 is 12.1 Å². The first kappa shape index (κ1) is 13.5. The summed E-state index contributed by atoms with van der Waals surface area (Å²) in [5.74, 6) is -0.670. The van der Waals surface area contributed by atoms with Gasteiger partial charge in [0.25, 0.3) is 0 Å². The normalized spacial score (nSPS) is 12.5. The molecule has 1 aromatic rings. The van der Waals surface area contributed by atoms with Crippen molar-refractivity contribution in [2.75, 3.05) is 6.61 Å².